The van der Waals surface area contributed by atoms with Crippen LogP contribution in [0, 0.1) is 11.6 Å². The van der Waals surface area contributed by atoms with Gasteiger partial charge in [-0.05, 0) is 34.5 Å². The predicted molar refractivity (Wildman–Crippen MR) is 57.9 cm³/mol. The second kappa shape index (κ2) is 5.35. The van der Waals surface area contributed by atoms with E-state index >= 15 is 0 Å². The van der Waals surface area contributed by atoms with Crippen molar-refractivity contribution < 1.29 is 13.6 Å². The maximum atomic E-state index is 13.4. The molecule has 0 aliphatic carbocycles. The Morgan fingerprint density at radius 3 is 2.67 bits per heavy atom. The van der Waals surface area contributed by atoms with Gasteiger partial charge in [0.15, 0.2) is 11.6 Å². The van der Waals surface area contributed by atoms with Crippen LogP contribution in [0.4, 0.5) is 8.78 Å². The molecule has 0 atom stereocenters. The maximum absolute atomic E-state index is 13.4. The summed E-state index contributed by atoms with van der Waals surface area (Å²) in [4.78, 5) is 11.5. The summed E-state index contributed by atoms with van der Waals surface area (Å²) >= 11 is 2.92. The van der Waals surface area contributed by atoms with Crippen LogP contribution in [-0.2, 0) is 0 Å². The molecule has 0 N–H and O–H groups in total. The number of Topliss-reactive ketones (excluding diaryl/α,β-unsaturated/α-hetero) is 1. The molecule has 15 heavy (non-hydrogen) atoms. The fourth-order valence-electron chi connectivity index (χ4n) is 1.25. The van der Waals surface area contributed by atoms with Crippen molar-refractivity contribution in [2.75, 3.05) is 0 Å². The Kier molecular flexibility index (Phi) is 4.39. The molecule has 0 fully saturated rings. The second-order valence-electron chi connectivity index (χ2n) is 3.24. The van der Waals surface area contributed by atoms with Crippen molar-refractivity contribution in [2.24, 2.45) is 0 Å². The van der Waals surface area contributed by atoms with Gasteiger partial charge in [-0.3, -0.25) is 4.79 Å². The molecule has 0 unspecified atom stereocenters. The van der Waals surface area contributed by atoms with Gasteiger partial charge in [0.1, 0.15) is 5.82 Å². The average Bonchev–Trinajstić information content (AvgIpc) is 2.21. The highest BCUT2D eigenvalue weighted by Gasteiger charge is 2.18. The summed E-state index contributed by atoms with van der Waals surface area (Å²) in [5.74, 6) is -2.08. The molecule has 0 saturated heterocycles. The topological polar surface area (TPSA) is 17.1 Å². The quantitative estimate of drug-likeness (QED) is 0.598. The number of carbonyl (C=O) groups is 1. The van der Waals surface area contributed by atoms with Crippen molar-refractivity contribution in [2.45, 2.75) is 26.2 Å². The zero-order valence-electron chi connectivity index (χ0n) is 8.32. The fourth-order valence-corrected chi connectivity index (χ4v) is 1.58. The van der Waals surface area contributed by atoms with Gasteiger partial charge < -0.3 is 0 Å². The van der Waals surface area contributed by atoms with Crippen LogP contribution in [0.5, 0.6) is 0 Å². The van der Waals surface area contributed by atoms with Crippen LogP contribution in [0.25, 0.3) is 0 Å². The highest BCUT2D eigenvalue weighted by atomic mass is 79.9. The molecule has 82 valence electrons. The molecule has 0 bridgehead atoms. The number of hydrogen-bond acceptors (Lipinski definition) is 1. The van der Waals surface area contributed by atoms with Crippen molar-refractivity contribution in [3.05, 3.63) is 33.8 Å². The smallest absolute Gasteiger partial charge is 0.168 e. The fraction of sp³-hybridized carbons (Fsp3) is 0.364. The lowest BCUT2D eigenvalue weighted by atomic mass is 10.0. The van der Waals surface area contributed by atoms with E-state index in [9.17, 15) is 13.6 Å². The van der Waals surface area contributed by atoms with E-state index in [0.717, 1.165) is 12.5 Å². The first kappa shape index (κ1) is 12.3. The lowest BCUT2D eigenvalue weighted by molar-refractivity contribution is 0.0971. The highest BCUT2D eigenvalue weighted by Crippen LogP contribution is 2.23. The van der Waals surface area contributed by atoms with Gasteiger partial charge in [0, 0.05) is 6.42 Å². The normalized spacial score (nSPS) is 10.4. The molecule has 4 heteroatoms. The van der Waals surface area contributed by atoms with Crippen LogP contribution in [0.2, 0.25) is 0 Å². The number of carbonyl (C=O) groups excluding carboxylic acids is 1. The minimum Gasteiger partial charge on any atom is -0.294 e. The average molecular weight is 277 g/mol. The van der Waals surface area contributed by atoms with E-state index in [-0.39, 0.29) is 10.9 Å². The van der Waals surface area contributed by atoms with Crippen LogP contribution < -0.4 is 0 Å². The Balaban J connectivity index is 3.02. The Hall–Kier alpha value is -0.770. The number of ketones is 1. The third-order valence-corrected chi connectivity index (χ3v) is 2.69. The Labute approximate surface area is 95.6 Å². The number of halogens is 3. The van der Waals surface area contributed by atoms with Crippen LogP contribution in [0.1, 0.15) is 36.5 Å². The van der Waals surface area contributed by atoms with E-state index in [0.29, 0.717) is 6.42 Å². The minimum atomic E-state index is -0.809. The Bertz CT molecular complexity index is 377. The lowest BCUT2D eigenvalue weighted by Gasteiger charge is -2.04. The number of rotatable bonds is 4. The van der Waals surface area contributed by atoms with Crippen molar-refractivity contribution >= 4 is 21.7 Å². The van der Waals surface area contributed by atoms with E-state index in [1.807, 2.05) is 6.92 Å². The molecule has 0 aliphatic rings. The molecule has 0 aliphatic heterocycles. The molecule has 1 aromatic rings. The van der Waals surface area contributed by atoms with Crippen molar-refractivity contribution in [1.29, 1.82) is 0 Å². The number of hydrogen-bond donors (Lipinski definition) is 0. The summed E-state index contributed by atoms with van der Waals surface area (Å²) < 4.78 is 26.8. The summed E-state index contributed by atoms with van der Waals surface area (Å²) in [5, 5.41) is 0. The molecule has 0 saturated carbocycles. The summed E-state index contributed by atoms with van der Waals surface area (Å²) in [6, 6.07) is 2.34. The molecule has 1 nitrogen and oxygen atoms in total. The Morgan fingerprint density at radius 2 is 2.07 bits per heavy atom. The molecule has 0 aromatic heterocycles. The van der Waals surface area contributed by atoms with E-state index in [2.05, 4.69) is 15.9 Å². The van der Waals surface area contributed by atoms with E-state index in [4.69, 9.17) is 0 Å². The zero-order valence-corrected chi connectivity index (χ0v) is 9.90. The van der Waals surface area contributed by atoms with Crippen LogP contribution in [0.3, 0.4) is 0 Å². The third kappa shape index (κ3) is 2.84. The first-order chi connectivity index (χ1) is 7.07. The molecule has 1 aromatic carbocycles. The van der Waals surface area contributed by atoms with E-state index in [1.54, 1.807) is 0 Å². The first-order valence-electron chi connectivity index (χ1n) is 4.74. The third-order valence-electron chi connectivity index (χ3n) is 2.08. The molecule has 0 amide bonds. The second-order valence-corrected chi connectivity index (χ2v) is 4.10. The lowest BCUT2D eigenvalue weighted by Crippen LogP contribution is -2.06. The molecule has 1 rings (SSSR count). The minimum absolute atomic E-state index is 0.115. The molecular formula is C11H11BrF2O. The van der Waals surface area contributed by atoms with Gasteiger partial charge in [-0.15, -0.1) is 0 Å². The predicted octanol–water partition coefficient (Wildman–Crippen LogP) is 4.10. The summed E-state index contributed by atoms with van der Waals surface area (Å²) in [5.41, 5.74) is -0.433. The van der Waals surface area contributed by atoms with Crippen molar-refractivity contribution in [3.8, 4) is 0 Å². The van der Waals surface area contributed by atoms with Gasteiger partial charge in [0.2, 0.25) is 0 Å². The van der Waals surface area contributed by atoms with Gasteiger partial charge >= 0.3 is 0 Å². The van der Waals surface area contributed by atoms with Gasteiger partial charge in [-0.2, -0.15) is 0 Å². The van der Waals surface area contributed by atoms with Crippen LogP contribution in [0.15, 0.2) is 16.6 Å². The summed E-state index contributed by atoms with van der Waals surface area (Å²) in [7, 11) is 0. The molecule has 0 radical (unpaired) electrons. The molecular weight excluding hydrogens is 266 g/mol. The van der Waals surface area contributed by atoms with Gasteiger partial charge in [-0.1, -0.05) is 13.3 Å². The first-order valence-corrected chi connectivity index (χ1v) is 5.54. The van der Waals surface area contributed by atoms with Gasteiger partial charge in [-0.25, -0.2) is 8.78 Å². The zero-order chi connectivity index (χ0) is 11.4. The van der Waals surface area contributed by atoms with Gasteiger partial charge in [0.25, 0.3) is 0 Å². The van der Waals surface area contributed by atoms with Crippen LogP contribution in [-0.4, -0.2) is 5.78 Å². The van der Waals surface area contributed by atoms with Crippen molar-refractivity contribution in [3.63, 3.8) is 0 Å². The highest BCUT2D eigenvalue weighted by molar-refractivity contribution is 9.10. The monoisotopic (exact) mass is 276 g/mol. The SMILES string of the molecule is CCCCC(=O)c1c(F)ccc(Br)c1F. The molecule has 0 spiro atoms. The standard InChI is InChI=1S/C11H11BrF2O/c1-2-3-4-9(15)10-8(13)6-5-7(12)11(10)14/h5-6H,2-4H2,1H3. The van der Waals surface area contributed by atoms with Crippen LogP contribution >= 0.6 is 15.9 Å². The largest absolute Gasteiger partial charge is 0.294 e. The number of benzene rings is 1. The summed E-state index contributed by atoms with van der Waals surface area (Å²) in [6.45, 7) is 1.92. The van der Waals surface area contributed by atoms with Gasteiger partial charge in [0.05, 0.1) is 10.0 Å². The molecule has 0 heterocycles. The maximum Gasteiger partial charge on any atom is 0.168 e. The Morgan fingerprint density at radius 1 is 1.40 bits per heavy atom. The number of unbranched alkanes of at least 4 members (excludes halogenated alkanes) is 1. The van der Waals surface area contributed by atoms with E-state index in [1.165, 1.54) is 6.07 Å². The summed E-state index contributed by atoms with van der Waals surface area (Å²) in [6.07, 6.45) is 1.65. The van der Waals surface area contributed by atoms with Crippen molar-refractivity contribution in [1.82, 2.24) is 0 Å². The van der Waals surface area contributed by atoms with E-state index < -0.39 is 23.0 Å².